The van der Waals surface area contributed by atoms with E-state index in [1.807, 2.05) is 12.3 Å². The molecule has 2 aromatic rings. The third-order valence-electron chi connectivity index (χ3n) is 5.02. The summed E-state index contributed by atoms with van der Waals surface area (Å²) in [5.41, 5.74) is 2.13. The fraction of sp³-hybridized carbons (Fsp3) is 0.588. The molecular weight excluding hydrogens is 308 g/mol. The number of carbonyl (C=O) groups excluding carboxylic acids is 1. The van der Waals surface area contributed by atoms with Gasteiger partial charge < -0.3 is 9.88 Å². The van der Waals surface area contributed by atoms with Crippen molar-refractivity contribution >= 4 is 17.2 Å². The third kappa shape index (κ3) is 2.59. The van der Waals surface area contributed by atoms with E-state index < -0.39 is 0 Å². The summed E-state index contributed by atoms with van der Waals surface area (Å²) < 4.78 is 2.15. The average Bonchev–Trinajstić information content (AvgIpc) is 3.20. The third-order valence-corrected chi connectivity index (χ3v) is 6.07. The highest BCUT2D eigenvalue weighted by Crippen LogP contribution is 2.33. The van der Waals surface area contributed by atoms with E-state index in [1.54, 1.807) is 11.3 Å². The molecule has 0 fully saturated rings. The molecule has 0 bridgehead atoms. The van der Waals surface area contributed by atoms with Crippen LogP contribution < -0.4 is 5.32 Å². The molecule has 23 heavy (non-hydrogen) atoms. The lowest BCUT2D eigenvalue weighted by molar-refractivity contribution is 0.0936. The molecular formula is C17H22N4OS. The molecule has 2 aromatic heterocycles. The number of thiophene rings is 1. The lowest BCUT2D eigenvalue weighted by Gasteiger charge is -2.19. The standard InChI is InChI=1S/C17H22N4OS/c1-10-5-6-12-13(9-23-14(12)8-10)17(22)18-11(2)16-20-19-15-4-3-7-21(15)16/h9-11H,3-8H2,1-2H3,(H,18,22)/t10-,11+/m0/s1. The minimum absolute atomic E-state index is 0.0277. The number of aromatic nitrogens is 3. The molecule has 2 aliphatic rings. The molecule has 0 radical (unpaired) electrons. The van der Waals surface area contributed by atoms with Gasteiger partial charge in [-0.1, -0.05) is 6.92 Å². The zero-order chi connectivity index (χ0) is 16.0. The largest absolute Gasteiger partial charge is 0.342 e. The second-order valence-electron chi connectivity index (χ2n) is 6.82. The summed E-state index contributed by atoms with van der Waals surface area (Å²) in [6, 6.07) is -0.111. The highest BCUT2D eigenvalue weighted by Gasteiger charge is 2.26. The molecule has 3 heterocycles. The molecule has 1 aliphatic heterocycles. The van der Waals surface area contributed by atoms with E-state index in [4.69, 9.17) is 0 Å². The van der Waals surface area contributed by atoms with Gasteiger partial charge in [0.1, 0.15) is 5.82 Å². The van der Waals surface area contributed by atoms with Gasteiger partial charge in [0.25, 0.3) is 5.91 Å². The van der Waals surface area contributed by atoms with E-state index in [9.17, 15) is 4.79 Å². The molecule has 0 saturated heterocycles. The molecule has 1 aliphatic carbocycles. The number of fused-ring (bicyclic) bond motifs is 2. The lowest BCUT2D eigenvalue weighted by Crippen LogP contribution is -2.29. The number of amides is 1. The van der Waals surface area contributed by atoms with E-state index in [0.29, 0.717) is 0 Å². The number of aryl methyl sites for hydroxylation is 1. The number of hydrogen-bond acceptors (Lipinski definition) is 4. The van der Waals surface area contributed by atoms with E-state index in [0.717, 1.165) is 55.4 Å². The first kappa shape index (κ1) is 14.9. The summed E-state index contributed by atoms with van der Waals surface area (Å²) in [5.74, 6) is 2.68. The number of nitrogens with one attached hydrogen (secondary N) is 1. The van der Waals surface area contributed by atoms with Crippen LogP contribution in [0.25, 0.3) is 0 Å². The monoisotopic (exact) mass is 330 g/mol. The number of hydrogen-bond donors (Lipinski definition) is 1. The van der Waals surface area contributed by atoms with Crippen LogP contribution in [0.1, 0.15) is 65.2 Å². The van der Waals surface area contributed by atoms with Crippen LogP contribution in [0.2, 0.25) is 0 Å². The van der Waals surface area contributed by atoms with Crippen LogP contribution in [0.15, 0.2) is 5.38 Å². The molecule has 122 valence electrons. The Bertz CT molecular complexity index is 748. The Balaban J connectivity index is 1.52. The van der Waals surface area contributed by atoms with Gasteiger partial charge in [0.2, 0.25) is 0 Å². The lowest BCUT2D eigenvalue weighted by atomic mass is 9.88. The number of carbonyl (C=O) groups is 1. The van der Waals surface area contributed by atoms with E-state index >= 15 is 0 Å². The maximum atomic E-state index is 12.7. The van der Waals surface area contributed by atoms with Gasteiger partial charge in [-0.3, -0.25) is 4.79 Å². The van der Waals surface area contributed by atoms with Gasteiger partial charge in [0.05, 0.1) is 11.6 Å². The SMILES string of the molecule is C[C@H]1CCc2c(C(=O)N[C@H](C)c3nnc4n3CCC4)csc2C1. The van der Waals surface area contributed by atoms with Crippen LogP contribution in [-0.4, -0.2) is 20.7 Å². The molecule has 4 rings (SSSR count). The molecule has 1 N–H and O–H groups in total. The zero-order valence-electron chi connectivity index (χ0n) is 13.6. The van der Waals surface area contributed by atoms with Crippen LogP contribution in [-0.2, 0) is 25.8 Å². The Hall–Kier alpha value is -1.69. The normalized spacial score (nSPS) is 20.9. The molecule has 0 spiro atoms. The van der Waals surface area contributed by atoms with Crippen LogP contribution >= 0.6 is 11.3 Å². The van der Waals surface area contributed by atoms with Crippen molar-refractivity contribution in [1.82, 2.24) is 20.1 Å². The summed E-state index contributed by atoms with van der Waals surface area (Å²) in [6.45, 7) is 5.24. The zero-order valence-corrected chi connectivity index (χ0v) is 14.4. The van der Waals surface area contributed by atoms with Gasteiger partial charge in [0.15, 0.2) is 5.82 Å². The van der Waals surface area contributed by atoms with Crippen molar-refractivity contribution < 1.29 is 4.79 Å². The number of nitrogens with zero attached hydrogens (tertiary/aromatic N) is 3. The quantitative estimate of drug-likeness (QED) is 0.941. The Morgan fingerprint density at radius 1 is 1.43 bits per heavy atom. The van der Waals surface area contributed by atoms with Crippen molar-refractivity contribution in [3.05, 3.63) is 33.0 Å². The minimum atomic E-state index is -0.111. The first-order valence-corrected chi connectivity index (χ1v) is 9.33. The molecule has 5 nitrogen and oxygen atoms in total. The molecule has 2 atom stereocenters. The van der Waals surface area contributed by atoms with Gasteiger partial charge in [-0.05, 0) is 44.1 Å². The van der Waals surface area contributed by atoms with Crippen LogP contribution in [0.3, 0.4) is 0 Å². The van der Waals surface area contributed by atoms with Crippen molar-refractivity contribution in [3.8, 4) is 0 Å². The van der Waals surface area contributed by atoms with E-state index in [-0.39, 0.29) is 11.9 Å². The molecule has 0 aromatic carbocycles. The minimum Gasteiger partial charge on any atom is -0.342 e. The Morgan fingerprint density at radius 3 is 3.17 bits per heavy atom. The Labute approximate surface area is 140 Å². The summed E-state index contributed by atoms with van der Waals surface area (Å²) in [7, 11) is 0. The van der Waals surface area contributed by atoms with Gasteiger partial charge in [-0.25, -0.2) is 0 Å². The van der Waals surface area contributed by atoms with Gasteiger partial charge in [-0.15, -0.1) is 21.5 Å². The molecule has 6 heteroatoms. The van der Waals surface area contributed by atoms with Crippen LogP contribution in [0.5, 0.6) is 0 Å². The van der Waals surface area contributed by atoms with E-state index in [2.05, 4.69) is 27.0 Å². The van der Waals surface area contributed by atoms with Crippen LogP contribution in [0.4, 0.5) is 0 Å². The smallest absolute Gasteiger partial charge is 0.252 e. The second-order valence-corrected chi connectivity index (χ2v) is 7.79. The van der Waals surface area contributed by atoms with Crippen molar-refractivity contribution in [2.24, 2.45) is 5.92 Å². The van der Waals surface area contributed by atoms with Gasteiger partial charge >= 0.3 is 0 Å². The highest BCUT2D eigenvalue weighted by atomic mass is 32.1. The Kier molecular flexibility index (Phi) is 3.71. The molecule has 0 saturated carbocycles. The van der Waals surface area contributed by atoms with Gasteiger partial charge in [0, 0.05) is 23.2 Å². The van der Waals surface area contributed by atoms with Crippen molar-refractivity contribution in [3.63, 3.8) is 0 Å². The maximum Gasteiger partial charge on any atom is 0.252 e. The first-order chi connectivity index (χ1) is 11.1. The Morgan fingerprint density at radius 2 is 2.30 bits per heavy atom. The topological polar surface area (TPSA) is 59.8 Å². The molecule has 0 unspecified atom stereocenters. The summed E-state index contributed by atoms with van der Waals surface area (Å²) in [4.78, 5) is 14.1. The second kappa shape index (κ2) is 5.74. The number of rotatable bonds is 3. The molecule has 1 amide bonds. The van der Waals surface area contributed by atoms with Crippen molar-refractivity contribution in [1.29, 1.82) is 0 Å². The summed E-state index contributed by atoms with van der Waals surface area (Å²) in [5, 5.41) is 13.6. The van der Waals surface area contributed by atoms with E-state index in [1.165, 1.54) is 16.9 Å². The fourth-order valence-corrected chi connectivity index (χ4v) is 4.94. The maximum absolute atomic E-state index is 12.7. The van der Waals surface area contributed by atoms with Gasteiger partial charge in [-0.2, -0.15) is 0 Å². The van der Waals surface area contributed by atoms with Crippen molar-refractivity contribution in [2.75, 3.05) is 0 Å². The predicted molar refractivity (Wildman–Crippen MR) is 89.7 cm³/mol. The first-order valence-electron chi connectivity index (χ1n) is 8.45. The predicted octanol–water partition coefficient (Wildman–Crippen LogP) is 2.90. The van der Waals surface area contributed by atoms with Crippen molar-refractivity contribution in [2.45, 2.75) is 58.5 Å². The fourth-order valence-electron chi connectivity index (χ4n) is 3.70. The summed E-state index contributed by atoms with van der Waals surface area (Å²) >= 11 is 1.73. The average molecular weight is 330 g/mol. The summed E-state index contributed by atoms with van der Waals surface area (Å²) in [6.07, 6.45) is 5.42. The highest BCUT2D eigenvalue weighted by molar-refractivity contribution is 7.10. The van der Waals surface area contributed by atoms with Crippen LogP contribution in [0, 0.1) is 5.92 Å².